The van der Waals surface area contributed by atoms with E-state index in [1.807, 2.05) is 0 Å². The maximum absolute atomic E-state index is 5.26. The van der Waals surface area contributed by atoms with Crippen LogP contribution in [-0.4, -0.2) is 38.2 Å². The molecule has 12 heavy (non-hydrogen) atoms. The van der Waals surface area contributed by atoms with Crippen molar-refractivity contribution in [3.63, 3.8) is 0 Å². The molecule has 2 rings (SSSR count). The van der Waals surface area contributed by atoms with Crippen LogP contribution in [0.15, 0.2) is 5.10 Å². The molecule has 4 heteroatoms. The third-order valence-corrected chi connectivity index (χ3v) is 1.89. The standard InChI is InChI=1S/C8H14N2O2/c1-2-7(1)9-10-8-5-11-3-4-12-6-8/h7,9H,1-6H2. The molecule has 1 N–H and O–H groups in total. The van der Waals surface area contributed by atoms with Gasteiger partial charge in [0.05, 0.1) is 32.1 Å². The summed E-state index contributed by atoms with van der Waals surface area (Å²) in [6.45, 7) is 2.59. The van der Waals surface area contributed by atoms with Gasteiger partial charge in [-0.15, -0.1) is 0 Å². The molecular formula is C8H14N2O2. The normalized spacial score (nSPS) is 24.8. The van der Waals surface area contributed by atoms with Crippen LogP contribution < -0.4 is 5.43 Å². The molecule has 68 valence electrons. The van der Waals surface area contributed by atoms with E-state index in [2.05, 4.69) is 10.5 Å². The molecule has 1 aliphatic carbocycles. The van der Waals surface area contributed by atoms with Gasteiger partial charge in [-0.3, -0.25) is 0 Å². The maximum Gasteiger partial charge on any atom is 0.0891 e. The van der Waals surface area contributed by atoms with Crippen LogP contribution in [-0.2, 0) is 9.47 Å². The van der Waals surface area contributed by atoms with Gasteiger partial charge in [0.15, 0.2) is 0 Å². The molecular weight excluding hydrogens is 156 g/mol. The van der Waals surface area contributed by atoms with Crippen molar-refractivity contribution >= 4 is 5.71 Å². The average molecular weight is 170 g/mol. The smallest absolute Gasteiger partial charge is 0.0891 e. The minimum absolute atomic E-state index is 0.611. The summed E-state index contributed by atoms with van der Waals surface area (Å²) in [5.74, 6) is 0. The lowest BCUT2D eigenvalue weighted by Crippen LogP contribution is -2.18. The number of hydrogen-bond acceptors (Lipinski definition) is 4. The highest BCUT2D eigenvalue weighted by Crippen LogP contribution is 2.18. The van der Waals surface area contributed by atoms with Crippen molar-refractivity contribution in [1.82, 2.24) is 5.43 Å². The SMILES string of the molecule is C1COCC(=NNC2CC2)CO1. The summed E-state index contributed by atoms with van der Waals surface area (Å²) in [6, 6.07) is 0.612. The van der Waals surface area contributed by atoms with Gasteiger partial charge < -0.3 is 14.9 Å². The minimum Gasteiger partial charge on any atom is -0.373 e. The number of nitrogens with zero attached hydrogens (tertiary/aromatic N) is 1. The fourth-order valence-corrected chi connectivity index (χ4v) is 0.999. The zero-order valence-corrected chi connectivity index (χ0v) is 7.08. The van der Waals surface area contributed by atoms with E-state index in [9.17, 15) is 0 Å². The van der Waals surface area contributed by atoms with E-state index < -0.39 is 0 Å². The summed E-state index contributed by atoms with van der Waals surface area (Å²) in [7, 11) is 0. The maximum atomic E-state index is 5.26. The van der Waals surface area contributed by atoms with Crippen molar-refractivity contribution in [3.8, 4) is 0 Å². The quantitative estimate of drug-likeness (QED) is 0.599. The van der Waals surface area contributed by atoms with Crippen LogP contribution in [0, 0.1) is 0 Å². The zero-order chi connectivity index (χ0) is 8.23. The number of hydrogen-bond donors (Lipinski definition) is 1. The molecule has 0 aromatic heterocycles. The van der Waals surface area contributed by atoms with Crippen molar-refractivity contribution in [3.05, 3.63) is 0 Å². The third-order valence-electron chi connectivity index (χ3n) is 1.89. The molecule has 0 aromatic carbocycles. The second-order valence-electron chi connectivity index (χ2n) is 3.19. The first-order chi connectivity index (χ1) is 5.95. The second-order valence-corrected chi connectivity index (χ2v) is 3.19. The van der Waals surface area contributed by atoms with Crippen molar-refractivity contribution in [2.24, 2.45) is 5.10 Å². The van der Waals surface area contributed by atoms with Crippen molar-refractivity contribution in [2.45, 2.75) is 18.9 Å². The van der Waals surface area contributed by atoms with Crippen molar-refractivity contribution in [2.75, 3.05) is 26.4 Å². The Morgan fingerprint density at radius 2 is 1.83 bits per heavy atom. The van der Waals surface area contributed by atoms with Crippen LogP contribution in [0.2, 0.25) is 0 Å². The van der Waals surface area contributed by atoms with E-state index in [4.69, 9.17) is 9.47 Å². The molecule has 0 spiro atoms. The molecule has 1 aliphatic heterocycles. The molecule has 1 saturated heterocycles. The van der Waals surface area contributed by atoms with Crippen LogP contribution in [0.5, 0.6) is 0 Å². The van der Waals surface area contributed by atoms with Crippen LogP contribution in [0.25, 0.3) is 0 Å². The predicted octanol–water partition coefficient (Wildman–Crippen LogP) is 0.141. The lowest BCUT2D eigenvalue weighted by Gasteiger charge is -2.01. The van der Waals surface area contributed by atoms with Crippen LogP contribution >= 0.6 is 0 Å². The first-order valence-electron chi connectivity index (χ1n) is 4.41. The van der Waals surface area contributed by atoms with Gasteiger partial charge >= 0.3 is 0 Å². The molecule has 1 heterocycles. The lowest BCUT2D eigenvalue weighted by atomic mass is 10.4. The molecule has 0 atom stereocenters. The van der Waals surface area contributed by atoms with Gasteiger partial charge in [0.1, 0.15) is 0 Å². The van der Waals surface area contributed by atoms with Gasteiger partial charge in [0.25, 0.3) is 0 Å². The summed E-state index contributed by atoms with van der Waals surface area (Å²) >= 11 is 0. The largest absolute Gasteiger partial charge is 0.373 e. The molecule has 2 aliphatic rings. The molecule has 2 fully saturated rings. The highest BCUT2D eigenvalue weighted by atomic mass is 16.5. The Kier molecular flexibility index (Phi) is 2.58. The van der Waals surface area contributed by atoms with Gasteiger partial charge in [-0.1, -0.05) is 0 Å². The fraction of sp³-hybridized carbons (Fsp3) is 0.875. The van der Waals surface area contributed by atoms with E-state index in [1.54, 1.807) is 0 Å². The molecule has 0 aromatic rings. The number of ether oxygens (including phenoxy) is 2. The predicted molar refractivity (Wildman–Crippen MR) is 45.2 cm³/mol. The fourth-order valence-electron chi connectivity index (χ4n) is 0.999. The Bertz CT molecular complexity index is 168. The van der Waals surface area contributed by atoms with Gasteiger partial charge in [-0.05, 0) is 12.8 Å². The summed E-state index contributed by atoms with van der Waals surface area (Å²) < 4.78 is 10.5. The first-order valence-corrected chi connectivity index (χ1v) is 4.41. The highest BCUT2D eigenvalue weighted by Gasteiger charge is 2.20. The van der Waals surface area contributed by atoms with E-state index >= 15 is 0 Å². The summed E-state index contributed by atoms with van der Waals surface area (Å²) in [5, 5.41) is 4.22. The molecule has 0 bridgehead atoms. The van der Waals surface area contributed by atoms with Crippen molar-refractivity contribution < 1.29 is 9.47 Å². The van der Waals surface area contributed by atoms with Crippen LogP contribution in [0.3, 0.4) is 0 Å². The van der Waals surface area contributed by atoms with Gasteiger partial charge in [-0.2, -0.15) is 5.10 Å². The molecule has 0 amide bonds. The van der Waals surface area contributed by atoms with Gasteiger partial charge in [0, 0.05) is 6.04 Å². The second kappa shape index (κ2) is 3.87. The van der Waals surface area contributed by atoms with Crippen molar-refractivity contribution in [1.29, 1.82) is 0 Å². The molecule has 0 radical (unpaired) electrons. The van der Waals surface area contributed by atoms with E-state index in [0.717, 1.165) is 5.71 Å². The van der Waals surface area contributed by atoms with E-state index in [1.165, 1.54) is 12.8 Å². The number of nitrogens with one attached hydrogen (secondary N) is 1. The number of hydrazone groups is 1. The molecule has 4 nitrogen and oxygen atoms in total. The van der Waals surface area contributed by atoms with Crippen LogP contribution in [0.1, 0.15) is 12.8 Å². The minimum atomic E-state index is 0.611. The molecule has 1 saturated carbocycles. The Morgan fingerprint density at radius 1 is 1.17 bits per heavy atom. The summed E-state index contributed by atoms with van der Waals surface area (Å²) in [4.78, 5) is 0. The lowest BCUT2D eigenvalue weighted by molar-refractivity contribution is 0.103. The van der Waals surface area contributed by atoms with E-state index in [0.29, 0.717) is 32.5 Å². The average Bonchev–Trinajstić information content (AvgIpc) is 2.90. The molecule has 0 unspecified atom stereocenters. The number of rotatable bonds is 2. The zero-order valence-electron chi connectivity index (χ0n) is 7.08. The third kappa shape index (κ3) is 2.46. The Hall–Kier alpha value is -0.610. The monoisotopic (exact) mass is 170 g/mol. The van der Waals surface area contributed by atoms with Gasteiger partial charge in [0.2, 0.25) is 0 Å². The Labute approximate surface area is 71.9 Å². The Balaban J connectivity index is 1.78. The summed E-state index contributed by atoms with van der Waals surface area (Å²) in [6.07, 6.45) is 2.50. The summed E-state index contributed by atoms with van der Waals surface area (Å²) in [5.41, 5.74) is 4.05. The topological polar surface area (TPSA) is 42.8 Å². The van der Waals surface area contributed by atoms with Crippen LogP contribution in [0.4, 0.5) is 0 Å². The van der Waals surface area contributed by atoms with Gasteiger partial charge in [-0.25, -0.2) is 0 Å². The highest BCUT2D eigenvalue weighted by molar-refractivity contribution is 5.86. The Morgan fingerprint density at radius 3 is 2.42 bits per heavy atom. The van der Waals surface area contributed by atoms with E-state index in [-0.39, 0.29) is 0 Å². The first kappa shape index (κ1) is 8.01.